The molecule has 4 heterocycles. The second kappa shape index (κ2) is 8.93. The van der Waals surface area contributed by atoms with Crippen LogP contribution in [0.4, 0.5) is 11.4 Å². The zero-order chi connectivity index (χ0) is 19.9. The summed E-state index contributed by atoms with van der Waals surface area (Å²) in [5.74, 6) is 0.607. The van der Waals surface area contributed by atoms with E-state index < -0.39 is 0 Å². The summed E-state index contributed by atoms with van der Waals surface area (Å²) in [7, 11) is 0. The van der Waals surface area contributed by atoms with Gasteiger partial charge in [0.25, 0.3) is 0 Å². The molecule has 29 heavy (non-hydrogen) atoms. The lowest BCUT2D eigenvalue weighted by Gasteiger charge is -2.33. The molecule has 0 aromatic carbocycles. The Hall–Kier alpha value is -3.80. The Morgan fingerprint density at radius 1 is 0.759 bits per heavy atom. The lowest BCUT2D eigenvalue weighted by molar-refractivity contribution is 0.326. The highest BCUT2D eigenvalue weighted by molar-refractivity contribution is 5.65. The van der Waals surface area contributed by atoms with Crippen molar-refractivity contribution < 1.29 is 4.74 Å². The fourth-order valence-electron chi connectivity index (χ4n) is 3.25. The summed E-state index contributed by atoms with van der Waals surface area (Å²) in [5.41, 5.74) is 3.94. The van der Waals surface area contributed by atoms with Crippen LogP contribution < -0.4 is 9.64 Å². The summed E-state index contributed by atoms with van der Waals surface area (Å²) in [6.45, 7) is 2.52. The Kier molecular flexibility index (Phi) is 5.71. The third-order valence-corrected chi connectivity index (χ3v) is 4.47. The highest BCUT2D eigenvalue weighted by atomic mass is 16.5. The van der Waals surface area contributed by atoms with Gasteiger partial charge >= 0.3 is 0 Å². The molecule has 4 rings (SSSR count). The van der Waals surface area contributed by atoms with E-state index in [-0.39, 0.29) is 6.04 Å². The smallest absolute Gasteiger partial charge is 0.213 e. The molecule has 4 aromatic rings. The molecule has 0 fully saturated rings. The van der Waals surface area contributed by atoms with Gasteiger partial charge in [0.15, 0.2) is 0 Å². The minimum absolute atomic E-state index is 0.166. The van der Waals surface area contributed by atoms with Crippen LogP contribution in [0, 0.1) is 0 Å². The van der Waals surface area contributed by atoms with E-state index in [9.17, 15) is 0 Å². The average Bonchev–Trinajstić information content (AvgIpc) is 2.80. The first-order valence-corrected chi connectivity index (χ1v) is 9.45. The molecule has 1 atom stereocenters. The number of nitrogens with zero attached hydrogens (tertiary/aromatic N) is 5. The topological polar surface area (TPSA) is 64.0 Å². The summed E-state index contributed by atoms with van der Waals surface area (Å²) in [5, 5.41) is 0. The molecule has 0 saturated carbocycles. The van der Waals surface area contributed by atoms with Gasteiger partial charge in [-0.25, -0.2) is 4.98 Å². The van der Waals surface area contributed by atoms with E-state index in [1.807, 2.05) is 74.2 Å². The first-order valence-electron chi connectivity index (χ1n) is 9.45. The minimum atomic E-state index is -0.166. The van der Waals surface area contributed by atoms with Crippen LogP contribution >= 0.6 is 0 Å². The predicted molar refractivity (Wildman–Crippen MR) is 112 cm³/mol. The normalized spacial score (nSPS) is 11.6. The van der Waals surface area contributed by atoms with Gasteiger partial charge < -0.3 is 9.64 Å². The van der Waals surface area contributed by atoms with Gasteiger partial charge in [-0.2, -0.15) is 0 Å². The molecule has 144 valence electrons. The standard InChI is InChI=1S/C23H21N5O/c1-2-29-22-10-9-19(15-27-22)23(18-6-3-11-24-14-18)28(20-7-4-12-25-16-20)21-8-5-13-26-17-21/h3-17,23H,2H2,1H3. The van der Waals surface area contributed by atoms with E-state index in [1.54, 1.807) is 18.6 Å². The Bertz CT molecular complexity index is 972. The van der Waals surface area contributed by atoms with Gasteiger partial charge in [-0.3, -0.25) is 15.0 Å². The molecule has 0 saturated heterocycles. The van der Waals surface area contributed by atoms with Gasteiger partial charge in [0.1, 0.15) is 0 Å². The summed E-state index contributed by atoms with van der Waals surface area (Å²) in [6.07, 6.45) is 12.7. The lowest BCUT2D eigenvalue weighted by Crippen LogP contribution is -2.25. The molecular formula is C23H21N5O. The number of pyridine rings is 4. The molecule has 0 spiro atoms. The maximum atomic E-state index is 5.52. The predicted octanol–water partition coefficient (Wildman–Crippen LogP) is 4.59. The second-order valence-corrected chi connectivity index (χ2v) is 6.34. The fourth-order valence-corrected chi connectivity index (χ4v) is 3.25. The molecule has 0 amide bonds. The van der Waals surface area contributed by atoms with E-state index in [4.69, 9.17) is 4.74 Å². The first kappa shape index (κ1) is 18.6. The largest absolute Gasteiger partial charge is 0.478 e. The highest BCUT2D eigenvalue weighted by Crippen LogP contribution is 2.38. The van der Waals surface area contributed by atoms with Crippen LogP contribution in [0.15, 0.2) is 91.9 Å². The second-order valence-electron chi connectivity index (χ2n) is 6.34. The molecule has 0 aliphatic heterocycles. The zero-order valence-corrected chi connectivity index (χ0v) is 16.1. The third kappa shape index (κ3) is 4.21. The quantitative estimate of drug-likeness (QED) is 0.465. The fraction of sp³-hybridized carbons (Fsp3) is 0.130. The summed E-state index contributed by atoms with van der Waals surface area (Å²) in [4.78, 5) is 19.7. The molecule has 4 aromatic heterocycles. The molecule has 0 N–H and O–H groups in total. The molecule has 0 radical (unpaired) electrons. The van der Waals surface area contributed by atoms with Crippen LogP contribution in [0.3, 0.4) is 0 Å². The van der Waals surface area contributed by atoms with Crippen LogP contribution in [0.5, 0.6) is 5.88 Å². The maximum absolute atomic E-state index is 5.52. The van der Waals surface area contributed by atoms with Gasteiger partial charge in [-0.1, -0.05) is 6.07 Å². The van der Waals surface area contributed by atoms with Gasteiger partial charge in [0, 0.05) is 37.1 Å². The number of hydrogen-bond donors (Lipinski definition) is 0. The van der Waals surface area contributed by atoms with Gasteiger partial charge in [-0.15, -0.1) is 0 Å². The molecule has 0 bridgehead atoms. The van der Waals surface area contributed by atoms with E-state index in [1.165, 1.54) is 0 Å². The van der Waals surface area contributed by atoms with Crippen LogP contribution in [0.2, 0.25) is 0 Å². The van der Waals surface area contributed by atoms with E-state index >= 15 is 0 Å². The van der Waals surface area contributed by atoms with E-state index in [2.05, 4.69) is 30.9 Å². The molecular weight excluding hydrogens is 362 g/mol. The van der Waals surface area contributed by atoms with Gasteiger partial charge in [0.05, 0.1) is 36.4 Å². The van der Waals surface area contributed by atoms with Gasteiger partial charge in [-0.05, 0) is 54.4 Å². The van der Waals surface area contributed by atoms with E-state index in [0.29, 0.717) is 12.5 Å². The molecule has 0 aliphatic carbocycles. The van der Waals surface area contributed by atoms with E-state index in [0.717, 1.165) is 22.5 Å². The SMILES string of the molecule is CCOc1ccc(C(c2cccnc2)N(c2cccnc2)c2cccnc2)cn1. The van der Waals surface area contributed by atoms with Crippen molar-refractivity contribution in [1.29, 1.82) is 0 Å². The third-order valence-electron chi connectivity index (χ3n) is 4.47. The Balaban J connectivity index is 1.87. The maximum Gasteiger partial charge on any atom is 0.213 e. The van der Waals surface area contributed by atoms with Crippen molar-refractivity contribution in [3.8, 4) is 5.88 Å². The van der Waals surface area contributed by atoms with Crippen molar-refractivity contribution in [2.75, 3.05) is 11.5 Å². The van der Waals surface area contributed by atoms with Crippen LogP contribution in [0.1, 0.15) is 24.1 Å². The van der Waals surface area contributed by atoms with Crippen LogP contribution in [0.25, 0.3) is 0 Å². The average molecular weight is 383 g/mol. The number of aromatic nitrogens is 4. The summed E-state index contributed by atoms with van der Waals surface area (Å²) >= 11 is 0. The molecule has 0 aliphatic rings. The van der Waals surface area contributed by atoms with Crippen molar-refractivity contribution in [2.24, 2.45) is 0 Å². The van der Waals surface area contributed by atoms with Gasteiger partial charge in [0.2, 0.25) is 5.88 Å². The van der Waals surface area contributed by atoms with Crippen molar-refractivity contribution >= 4 is 11.4 Å². The monoisotopic (exact) mass is 383 g/mol. The van der Waals surface area contributed by atoms with Crippen molar-refractivity contribution in [1.82, 2.24) is 19.9 Å². The summed E-state index contributed by atoms with van der Waals surface area (Å²) in [6, 6.07) is 15.7. The zero-order valence-electron chi connectivity index (χ0n) is 16.1. The Morgan fingerprint density at radius 3 is 1.86 bits per heavy atom. The Morgan fingerprint density at radius 2 is 1.38 bits per heavy atom. The number of anilines is 2. The number of hydrogen-bond acceptors (Lipinski definition) is 6. The lowest BCUT2D eigenvalue weighted by atomic mass is 9.98. The van der Waals surface area contributed by atoms with Crippen molar-refractivity contribution in [3.63, 3.8) is 0 Å². The molecule has 1 unspecified atom stereocenters. The van der Waals surface area contributed by atoms with Crippen LogP contribution in [-0.2, 0) is 0 Å². The van der Waals surface area contributed by atoms with Crippen molar-refractivity contribution in [2.45, 2.75) is 13.0 Å². The molecule has 6 nitrogen and oxygen atoms in total. The highest BCUT2D eigenvalue weighted by Gasteiger charge is 2.25. The Labute approximate surface area is 169 Å². The number of rotatable bonds is 7. The summed E-state index contributed by atoms with van der Waals surface area (Å²) < 4.78 is 5.52. The van der Waals surface area contributed by atoms with Crippen LogP contribution in [-0.4, -0.2) is 26.5 Å². The van der Waals surface area contributed by atoms with Crippen molar-refractivity contribution in [3.05, 3.63) is 103 Å². The first-order chi connectivity index (χ1) is 14.4. The minimum Gasteiger partial charge on any atom is -0.478 e. The number of ether oxygens (including phenoxy) is 1. The molecule has 6 heteroatoms.